The molecule has 0 saturated carbocycles. The van der Waals surface area contributed by atoms with E-state index in [-0.39, 0.29) is 0 Å². The van der Waals surface area contributed by atoms with Gasteiger partial charge in [-0.1, -0.05) is 55.0 Å². The number of aryl methyl sites for hydroxylation is 3. The fourth-order valence-corrected chi connectivity index (χ4v) is 3.23. The fourth-order valence-electron chi connectivity index (χ4n) is 3.23. The molecule has 0 spiro atoms. The van der Waals surface area contributed by atoms with E-state index in [4.69, 9.17) is 0 Å². The Labute approximate surface area is 135 Å². The highest BCUT2D eigenvalue weighted by atomic mass is 14.2. The normalized spacial score (nSPS) is 13.3. The van der Waals surface area contributed by atoms with Gasteiger partial charge in [-0.3, -0.25) is 0 Å². The second kappa shape index (κ2) is 6.96. The first kappa shape index (κ1) is 16.5. The lowest BCUT2D eigenvalue weighted by Crippen LogP contribution is -2.06. The molecule has 1 unspecified atom stereocenters. The molecule has 0 radical (unpaired) electrons. The summed E-state index contributed by atoms with van der Waals surface area (Å²) in [5, 5.41) is 0. The molecular formula is C22H28. The lowest BCUT2D eigenvalue weighted by atomic mass is 9.85. The predicted molar refractivity (Wildman–Crippen MR) is 98.4 cm³/mol. The van der Waals surface area contributed by atoms with Crippen LogP contribution in [-0.4, -0.2) is 0 Å². The Hall–Kier alpha value is -1.82. The summed E-state index contributed by atoms with van der Waals surface area (Å²) in [7, 11) is 0. The van der Waals surface area contributed by atoms with Gasteiger partial charge >= 0.3 is 0 Å². The molecule has 0 heteroatoms. The van der Waals surface area contributed by atoms with Crippen molar-refractivity contribution in [3.63, 3.8) is 0 Å². The Morgan fingerprint density at radius 1 is 1.00 bits per heavy atom. The average molecular weight is 292 g/mol. The number of hydrogen-bond acceptors (Lipinski definition) is 0. The standard InChI is InChI=1S/C22H28/c1-7-21(22-13-15(2)11-12-17(22)4)18(5)14-20-10-8-9-16(3)19(20)6/h7-13,18H,14H2,1-6H3/b21-7-. The Morgan fingerprint density at radius 2 is 1.73 bits per heavy atom. The zero-order chi connectivity index (χ0) is 16.3. The summed E-state index contributed by atoms with van der Waals surface area (Å²) in [6, 6.07) is 13.4. The molecule has 0 saturated heterocycles. The van der Waals surface area contributed by atoms with Crippen LogP contribution in [0.2, 0.25) is 0 Å². The molecule has 0 aromatic heterocycles. The van der Waals surface area contributed by atoms with E-state index in [9.17, 15) is 0 Å². The lowest BCUT2D eigenvalue weighted by molar-refractivity contribution is 0.737. The molecule has 2 aromatic carbocycles. The molecule has 0 fully saturated rings. The Kier molecular flexibility index (Phi) is 5.24. The zero-order valence-electron chi connectivity index (χ0n) is 14.8. The van der Waals surface area contributed by atoms with Crippen LogP contribution in [0.15, 0.2) is 42.5 Å². The summed E-state index contributed by atoms with van der Waals surface area (Å²) in [6.07, 6.45) is 3.39. The SMILES string of the molecule is C/C=C(\c1cc(C)ccc1C)C(C)Cc1cccc(C)c1C. The van der Waals surface area contributed by atoms with Crippen LogP contribution in [0.5, 0.6) is 0 Å². The Balaban J connectivity index is 2.32. The van der Waals surface area contributed by atoms with Crippen molar-refractivity contribution in [1.82, 2.24) is 0 Å². The molecule has 0 aliphatic heterocycles. The Bertz CT molecular complexity index is 689. The summed E-state index contributed by atoms with van der Waals surface area (Å²) < 4.78 is 0. The third kappa shape index (κ3) is 3.50. The molecule has 0 nitrogen and oxygen atoms in total. The molecule has 2 aromatic rings. The molecule has 0 N–H and O–H groups in total. The smallest absolute Gasteiger partial charge is 0.0147 e. The van der Waals surface area contributed by atoms with Gasteiger partial charge in [-0.2, -0.15) is 0 Å². The van der Waals surface area contributed by atoms with Crippen LogP contribution < -0.4 is 0 Å². The fraction of sp³-hybridized carbons (Fsp3) is 0.364. The van der Waals surface area contributed by atoms with Crippen LogP contribution in [0.3, 0.4) is 0 Å². The van der Waals surface area contributed by atoms with Crippen LogP contribution in [0.4, 0.5) is 0 Å². The molecule has 0 aliphatic rings. The van der Waals surface area contributed by atoms with E-state index in [1.165, 1.54) is 39.0 Å². The third-order valence-corrected chi connectivity index (χ3v) is 4.79. The van der Waals surface area contributed by atoms with Gasteiger partial charge in [-0.05, 0) is 80.3 Å². The first-order valence-electron chi connectivity index (χ1n) is 8.23. The van der Waals surface area contributed by atoms with Gasteiger partial charge in [0.1, 0.15) is 0 Å². The average Bonchev–Trinajstić information content (AvgIpc) is 2.48. The van der Waals surface area contributed by atoms with Gasteiger partial charge in [0, 0.05) is 0 Å². The van der Waals surface area contributed by atoms with Crippen molar-refractivity contribution in [3.8, 4) is 0 Å². The molecule has 1 atom stereocenters. The highest BCUT2D eigenvalue weighted by molar-refractivity contribution is 5.70. The van der Waals surface area contributed by atoms with Gasteiger partial charge in [0.05, 0.1) is 0 Å². The topological polar surface area (TPSA) is 0 Å². The van der Waals surface area contributed by atoms with Crippen molar-refractivity contribution >= 4 is 5.57 Å². The van der Waals surface area contributed by atoms with Crippen LogP contribution in [0.25, 0.3) is 5.57 Å². The minimum absolute atomic E-state index is 0.519. The summed E-state index contributed by atoms with van der Waals surface area (Å²) >= 11 is 0. The van der Waals surface area contributed by atoms with Crippen molar-refractivity contribution in [1.29, 1.82) is 0 Å². The highest BCUT2D eigenvalue weighted by Gasteiger charge is 2.14. The molecule has 0 aliphatic carbocycles. The van der Waals surface area contributed by atoms with Crippen molar-refractivity contribution in [2.45, 2.75) is 48.0 Å². The van der Waals surface area contributed by atoms with E-state index < -0.39 is 0 Å². The molecule has 2 rings (SSSR count). The quantitative estimate of drug-likeness (QED) is 0.629. The van der Waals surface area contributed by atoms with Gasteiger partial charge in [0.15, 0.2) is 0 Å². The number of rotatable bonds is 4. The summed E-state index contributed by atoms with van der Waals surface area (Å²) in [6.45, 7) is 13.3. The predicted octanol–water partition coefficient (Wildman–Crippen LogP) is 6.20. The van der Waals surface area contributed by atoms with Crippen LogP contribution in [0.1, 0.15) is 47.2 Å². The molecule has 22 heavy (non-hydrogen) atoms. The summed E-state index contributed by atoms with van der Waals surface area (Å²) in [4.78, 5) is 0. The van der Waals surface area contributed by atoms with E-state index in [0.717, 1.165) is 6.42 Å². The first-order valence-corrected chi connectivity index (χ1v) is 8.23. The lowest BCUT2D eigenvalue weighted by Gasteiger charge is -2.20. The van der Waals surface area contributed by atoms with Crippen molar-refractivity contribution in [3.05, 3.63) is 75.9 Å². The van der Waals surface area contributed by atoms with Crippen molar-refractivity contribution in [2.75, 3.05) is 0 Å². The van der Waals surface area contributed by atoms with E-state index in [2.05, 4.69) is 84.0 Å². The van der Waals surface area contributed by atoms with Gasteiger partial charge in [0.25, 0.3) is 0 Å². The first-order chi connectivity index (χ1) is 10.4. The zero-order valence-corrected chi connectivity index (χ0v) is 14.8. The maximum Gasteiger partial charge on any atom is -0.0147 e. The monoisotopic (exact) mass is 292 g/mol. The number of allylic oxidation sites excluding steroid dienone is 2. The molecule has 0 amide bonds. The summed E-state index contributed by atoms with van der Waals surface area (Å²) in [5.74, 6) is 0.519. The third-order valence-electron chi connectivity index (χ3n) is 4.79. The largest absolute Gasteiger partial charge is 0.0835 e. The maximum atomic E-state index is 2.35. The minimum Gasteiger partial charge on any atom is -0.0835 e. The second-order valence-corrected chi connectivity index (χ2v) is 6.53. The number of benzene rings is 2. The summed E-state index contributed by atoms with van der Waals surface area (Å²) in [5.41, 5.74) is 9.86. The van der Waals surface area contributed by atoms with Gasteiger partial charge in [0.2, 0.25) is 0 Å². The second-order valence-electron chi connectivity index (χ2n) is 6.53. The van der Waals surface area contributed by atoms with Crippen molar-refractivity contribution in [2.24, 2.45) is 5.92 Å². The van der Waals surface area contributed by atoms with Crippen LogP contribution >= 0.6 is 0 Å². The van der Waals surface area contributed by atoms with E-state index in [1.807, 2.05) is 0 Å². The maximum absolute atomic E-state index is 2.35. The molecule has 0 heterocycles. The minimum atomic E-state index is 0.519. The van der Waals surface area contributed by atoms with Crippen molar-refractivity contribution < 1.29 is 0 Å². The van der Waals surface area contributed by atoms with E-state index in [1.54, 1.807) is 0 Å². The number of hydrogen-bond donors (Lipinski definition) is 0. The van der Waals surface area contributed by atoms with Crippen LogP contribution in [0, 0.1) is 33.6 Å². The van der Waals surface area contributed by atoms with E-state index in [0.29, 0.717) is 5.92 Å². The Morgan fingerprint density at radius 3 is 2.41 bits per heavy atom. The molecule has 0 bridgehead atoms. The molecular weight excluding hydrogens is 264 g/mol. The van der Waals surface area contributed by atoms with Gasteiger partial charge in [-0.15, -0.1) is 0 Å². The van der Waals surface area contributed by atoms with Gasteiger partial charge < -0.3 is 0 Å². The molecule has 116 valence electrons. The van der Waals surface area contributed by atoms with Gasteiger partial charge in [-0.25, -0.2) is 0 Å². The highest BCUT2D eigenvalue weighted by Crippen LogP contribution is 2.30. The van der Waals surface area contributed by atoms with Crippen LogP contribution in [-0.2, 0) is 6.42 Å². The van der Waals surface area contributed by atoms with E-state index >= 15 is 0 Å².